The van der Waals surface area contributed by atoms with Gasteiger partial charge >= 0.3 is 0 Å². The molecule has 1 aliphatic heterocycles. The molecule has 9 heavy (non-hydrogen) atoms. The van der Waals surface area contributed by atoms with Crippen molar-refractivity contribution in [2.75, 3.05) is 7.05 Å². The van der Waals surface area contributed by atoms with E-state index in [0.29, 0.717) is 12.0 Å². The summed E-state index contributed by atoms with van der Waals surface area (Å²) in [6, 6.07) is -0.0116. The van der Waals surface area contributed by atoms with Crippen LogP contribution in [0.1, 0.15) is 6.92 Å². The van der Waals surface area contributed by atoms with Crippen LogP contribution in [0.25, 0.3) is 0 Å². The molecule has 0 aromatic rings. The number of aldehydes is 1. The number of rotatable bonds is 1. The Labute approximate surface area is 53.0 Å². The van der Waals surface area contributed by atoms with Gasteiger partial charge in [-0.3, -0.25) is 9.73 Å². The lowest BCUT2D eigenvalue weighted by atomic mass is 10.2. The van der Waals surface area contributed by atoms with Crippen molar-refractivity contribution in [3.8, 4) is 0 Å². The zero-order valence-electron chi connectivity index (χ0n) is 5.37. The maximum Gasteiger partial charge on any atom is 0.169 e. The van der Waals surface area contributed by atoms with Crippen molar-refractivity contribution in [1.82, 2.24) is 5.06 Å². The average Bonchev–Trinajstić information content (AvgIpc) is 2.15. The predicted molar refractivity (Wildman–Crippen MR) is 31.8 cm³/mol. The number of carbonyl (C=O) groups excluding carboxylic acids is 1. The van der Waals surface area contributed by atoms with Crippen molar-refractivity contribution in [3.63, 3.8) is 0 Å². The topological polar surface area (TPSA) is 41.9 Å². The molecule has 1 atom stereocenters. The Hall–Kier alpha value is -0.900. The first-order valence-corrected chi connectivity index (χ1v) is 2.68. The Kier molecular flexibility index (Phi) is 1.48. The monoisotopic (exact) mass is 128 g/mol. The highest BCUT2D eigenvalue weighted by Gasteiger charge is 2.23. The Balaban J connectivity index is 2.66. The first-order chi connectivity index (χ1) is 4.25. The lowest BCUT2D eigenvalue weighted by Gasteiger charge is -2.08. The van der Waals surface area contributed by atoms with Gasteiger partial charge in [-0.05, 0) is 6.92 Å². The molecule has 1 heterocycles. The molecule has 0 aliphatic carbocycles. The van der Waals surface area contributed by atoms with Crippen LogP contribution in [0.4, 0.5) is 0 Å². The van der Waals surface area contributed by atoms with E-state index < -0.39 is 0 Å². The van der Waals surface area contributed by atoms with Crippen molar-refractivity contribution in [2.45, 2.75) is 13.0 Å². The maximum atomic E-state index is 10.1. The van der Waals surface area contributed by atoms with Gasteiger partial charge in [0.2, 0.25) is 0 Å². The zero-order valence-corrected chi connectivity index (χ0v) is 5.37. The van der Waals surface area contributed by atoms with Crippen LogP contribution in [0.3, 0.4) is 0 Å². The van der Waals surface area contributed by atoms with Gasteiger partial charge in [0.15, 0.2) is 6.29 Å². The summed E-state index contributed by atoms with van der Waals surface area (Å²) >= 11 is 0. The first kappa shape index (κ1) is 6.22. The molecule has 0 amide bonds. The van der Waals surface area contributed by atoms with Gasteiger partial charge in [0.25, 0.3) is 0 Å². The van der Waals surface area contributed by atoms with Gasteiger partial charge in [-0.2, -0.15) is 0 Å². The fraction of sp³-hybridized carbons (Fsp3) is 0.600. The van der Waals surface area contributed by atoms with E-state index in [0.717, 1.165) is 0 Å². The fourth-order valence-electron chi connectivity index (χ4n) is 0.565. The third-order valence-electron chi connectivity index (χ3n) is 1.37. The van der Waals surface area contributed by atoms with Crippen LogP contribution in [0.15, 0.2) is 5.16 Å². The number of hydroxylamine groups is 2. The summed E-state index contributed by atoms with van der Waals surface area (Å²) in [7, 11) is 1.73. The second-order valence-corrected chi connectivity index (χ2v) is 1.94. The van der Waals surface area contributed by atoms with Crippen LogP contribution < -0.4 is 0 Å². The van der Waals surface area contributed by atoms with Gasteiger partial charge in [0, 0.05) is 7.05 Å². The van der Waals surface area contributed by atoms with Crippen molar-refractivity contribution < 1.29 is 9.73 Å². The van der Waals surface area contributed by atoms with Crippen LogP contribution in [0.2, 0.25) is 0 Å². The van der Waals surface area contributed by atoms with Crippen molar-refractivity contribution >= 4 is 12.0 Å². The largest absolute Gasteiger partial charge is 0.296 e. The SMILES string of the molecule is CC1C(C=O)=NON1C. The fourth-order valence-corrected chi connectivity index (χ4v) is 0.565. The average molecular weight is 128 g/mol. The van der Waals surface area contributed by atoms with Gasteiger partial charge in [-0.25, -0.2) is 0 Å². The zero-order chi connectivity index (χ0) is 6.85. The van der Waals surface area contributed by atoms with Gasteiger partial charge in [-0.1, -0.05) is 5.16 Å². The van der Waals surface area contributed by atoms with Crippen molar-refractivity contribution in [3.05, 3.63) is 0 Å². The van der Waals surface area contributed by atoms with Crippen LogP contribution >= 0.6 is 0 Å². The second kappa shape index (κ2) is 2.14. The van der Waals surface area contributed by atoms with E-state index in [1.54, 1.807) is 7.05 Å². The second-order valence-electron chi connectivity index (χ2n) is 1.94. The number of nitrogens with zero attached hydrogens (tertiary/aromatic N) is 2. The molecule has 1 unspecified atom stereocenters. The van der Waals surface area contributed by atoms with Gasteiger partial charge in [-0.15, -0.1) is 5.06 Å². The van der Waals surface area contributed by atoms with Crippen molar-refractivity contribution in [1.29, 1.82) is 0 Å². The molecule has 0 saturated heterocycles. The summed E-state index contributed by atoms with van der Waals surface area (Å²) in [5.74, 6) is 0. The summed E-state index contributed by atoms with van der Waals surface area (Å²) < 4.78 is 0. The quantitative estimate of drug-likeness (QED) is 0.459. The molecule has 0 fully saturated rings. The number of carbonyl (C=O) groups is 1. The molecule has 0 radical (unpaired) electrons. The molecule has 0 aromatic heterocycles. The van der Waals surface area contributed by atoms with Crippen LogP contribution in [-0.2, 0) is 9.73 Å². The van der Waals surface area contributed by atoms with E-state index in [4.69, 9.17) is 0 Å². The minimum Gasteiger partial charge on any atom is -0.296 e. The van der Waals surface area contributed by atoms with E-state index in [1.165, 1.54) is 5.06 Å². The van der Waals surface area contributed by atoms with Gasteiger partial charge < -0.3 is 0 Å². The molecular weight excluding hydrogens is 120 g/mol. The first-order valence-electron chi connectivity index (χ1n) is 2.68. The van der Waals surface area contributed by atoms with Crippen LogP contribution in [0.5, 0.6) is 0 Å². The molecule has 0 aromatic carbocycles. The summed E-state index contributed by atoms with van der Waals surface area (Å²) in [5.41, 5.74) is 0.442. The Morgan fingerprint density at radius 2 is 2.56 bits per heavy atom. The highest BCUT2D eigenvalue weighted by molar-refractivity contribution is 6.30. The standard InChI is InChI=1S/C5H8N2O2/c1-4-5(3-8)6-9-7(4)2/h3-4H,1-2H3. The third-order valence-corrected chi connectivity index (χ3v) is 1.37. The van der Waals surface area contributed by atoms with Crippen molar-refractivity contribution in [2.24, 2.45) is 5.16 Å². The molecule has 0 N–H and O–H groups in total. The van der Waals surface area contributed by atoms with Crippen LogP contribution in [0, 0.1) is 0 Å². The number of hydrogen-bond acceptors (Lipinski definition) is 4. The third kappa shape index (κ3) is 0.929. The predicted octanol–water partition coefficient (Wildman–Crippen LogP) is -0.193. The minimum atomic E-state index is -0.0116. The Bertz CT molecular complexity index is 155. The highest BCUT2D eigenvalue weighted by Crippen LogP contribution is 2.06. The highest BCUT2D eigenvalue weighted by atomic mass is 16.8. The molecule has 4 heteroatoms. The number of oxime groups is 1. The van der Waals surface area contributed by atoms with E-state index in [1.807, 2.05) is 6.92 Å². The van der Waals surface area contributed by atoms with E-state index in [9.17, 15) is 4.79 Å². The van der Waals surface area contributed by atoms with Gasteiger partial charge in [0.1, 0.15) is 5.71 Å². The lowest BCUT2D eigenvalue weighted by Crippen LogP contribution is -2.28. The van der Waals surface area contributed by atoms with E-state index in [2.05, 4.69) is 10.1 Å². The molecule has 1 aliphatic rings. The summed E-state index contributed by atoms with van der Waals surface area (Å²) in [6.45, 7) is 1.85. The van der Waals surface area contributed by atoms with Gasteiger partial charge in [0.05, 0.1) is 6.04 Å². The molecule has 1 rings (SSSR count). The molecule has 0 spiro atoms. The summed E-state index contributed by atoms with van der Waals surface area (Å²) in [4.78, 5) is 14.8. The lowest BCUT2D eigenvalue weighted by molar-refractivity contribution is -0.128. The normalized spacial score (nSPS) is 27.3. The summed E-state index contributed by atoms with van der Waals surface area (Å²) in [6.07, 6.45) is 0.703. The van der Waals surface area contributed by atoms with E-state index in [-0.39, 0.29) is 6.04 Å². The molecule has 0 bridgehead atoms. The molecule has 0 saturated carbocycles. The summed E-state index contributed by atoms with van der Waals surface area (Å²) in [5, 5.41) is 5.01. The van der Waals surface area contributed by atoms with E-state index >= 15 is 0 Å². The molecular formula is C5H8N2O2. The molecule has 4 nitrogen and oxygen atoms in total. The minimum absolute atomic E-state index is 0.0116. The maximum absolute atomic E-state index is 10.1. The Morgan fingerprint density at radius 3 is 2.78 bits per heavy atom. The Morgan fingerprint density at radius 1 is 1.89 bits per heavy atom. The number of hydrogen-bond donors (Lipinski definition) is 0. The van der Waals surface area contributed by atoms with Crippen LogP contribution in [-0.4, -0.2) is 30.2 Å². The smallest absolute Gasteiger partial charge is 0.169 e. The molecule has 50 valence electrons.